The van der Waals surface area contributed by atoms with Crippen LogP contribution in [0.15, 0.2) is 18.6 Å². The summed E-state index contributed by atoms with van der Waals surface area (Å²) in [4.78, 5) is 23.9. The Kier molecular flexibility index (Phi) is 3.94. The SMILES string of the molecule is CC(C)(C)c1ncc(/C=C/c2cnc(C(=O)O)cn2)s1. The van der Waals surface area contributed by atoms with Crippen molar-refractivity contribution < 1.29 is 9.90 Å². The van der Waals surface area contributed by atoms with Crippen molar-refractivity contribution >= 4 is 29.5 Å². The van der Waals surface area contributed by atoms with E-state index in [1.165, 1.54) is 12.4 Å². The van der Waals surface area contributed by atoms with Crippen molar-refractivity contribution in [2.75, 3.05) is 0 Å². The monoisotopic (exact) mass is 289 g/mol. The van der Waals surface area contributed by atoms with Crippen molar-refractivity contribution in [3.8, 4) is 0 Å². The summed E-state index contributed by atoms with van der Waals surface area (Å²) < 4.78 is 0. The van der Waals surface area contributed by atoms with E-state index < -0.39 is 5.97 Å². The largest absolute Gasteiger partial charge is 0.476 e. The van der Waals surface area contributed by atoms with Crippen LogP contribution in [0.25, 0.3) is 12.2 Å². The number of carbonyl (C=O) groups is 1. The van der Waals surface area contributed by atoms with Gasteiger partial charge in [-0.05, 0) is 12.2 Å². The predicted molar refractivity (Wildman–Crippen MR) is 78.7 cm³/mol. The van der Waals surface area contributed by atoms with E-state index in [0.717, 1.165) is 9.88 Å². The number of rotatable bonds is 3. The molecule has 0 radical (unpaired) electrons. The van der Waals surface area contributed by atoms with Gasteiger partial charge in [0, 0.05) is 16.5 Å². The highest BCUT2D eigenvalue weighted by atomic mass is 32.1. The summed E-state index contributed by atoms with van der Waals surface area (Å²) in [7, 11) is 0. The molecule has 0 saturated carbocycles. The Morgan fingerprint density at radius 2 is 1.90 bits per heavy atom. The summed E-state index contributed by atoms with van der Waals surface area (Å²) in [5.41, 5.74) is 0.593. The van der Waals surface area contributed by atoms with Crippen LogP contribution in [-0.4, -0.2) is 26.0 Å². The zero-order valence-electron chi connectivity index (χ0n) is 11.5. The molecule has 0 spiro atoms. The molecule has 2 aromatic rings. The lowest BCUT2D eigenvalue weighted by Gasteiger charge is -2.13. The predicted octanol–water partition coefficient (Wildman–Crippen LogP) is 3.10. The first-order valence-electron chi connectivity index (χ1n) is 6.06. The number of carboxylic acid groups (broad SMARTS) is 1. The minimum absolute atomic E-state index is 0.0414. The second-order valence-electron chi connectivity index (χ2n) is 5.28. The quantitative estimate of drug-likeness (QED) is 0.939. The summed E-state index contributed by atoms with van der Waals surface area (Å²) >= 11 is 1.63. The maximum atomic E-state index is 10.7. The molecule has 1 N–H and O–H groups in total. The molecule has 6 heteroatoms. The van der Waals surface area contributed by atoms with Crippen LogP contribution < -0.4 is 0 Å². The van der Waals surface area contributed by atoms with Crippen LogP contribution in [0.1, 0.15) is 46.8 Å². The average Bonchev–Trinajstić information content (AvgIpc) is 2.85. The fraction of sp³-hybridized carbons (Fsp3) is 0.286. The lowest BCUT2D eigenvalue weighted by atomic mass is 9.98. The number of nitrogens with zero attached hydrogens (tertiary/aromatic N) is 3. The molecule has 2 aromatic heterocycles. The van der Waals surface area contributed by atoms with E-state index >= 15 is 0 Å². The van der Waals surface area contributed by atoms with Crippen LogP contribution in [0.5, 0.6) is 0 Å². The van der Waals surface area contributed by atoms with Gasteiger partial charge in [-0.2, -0.15) is 0 Å². The molecule has 2 heterocycles. The number of aromatic carboxylic acids is 1. The minimum Gasteiger partial charge on any atom is -0.476 e. The van der Waals surface area contributed by atoms with Crippen LogP contribution in [0.4, 0.5) is 0 Å². The first-order valence-corrected chi connectivity index (χ1v) is 6.87. The van der Waals surface area contributed by atoms with Gasteiger partial charge in [0.25, 0.3) is 0 Å². The lowest BCUT2D eigenvalue weighted by molar-refractivity contribution is 0.0690. The maximum Gasteiger partial charge on any atom is 0.356 e. The molecule has 0 amide bonds. The molecule has 0 aliphatic rings. The van der Waals surface area contributed by atoms with Crippen molar-refractivity contribution in [2.45, 2.75) is 26.2 Å². The Balaban J connectivity index is 2.13. The Morgan fingerprint density at radius 3 is 2.40 bits per heavy atom. The summed E-state index contributed by atoms with van der Waals surface area (Å²) in [6.07, 6.45) is 8.19. The third-order valence-electron chi connectivity index (χ3n) is 2.47. The molecule has 0 fully saturated rings. The van der Waals surface area contributed by atoms with E-state index in [1.54, 1.807) is 17.4 Å². The molecule has 0 saturated heterocycles. The number of carboxylic acids is 1. The number of hydrogen-bond donors (Lipinski definition) is 1. The van der Waals surface area contributed by atoms with Crippen molar-refractivity contribution in [3.63, 3.8) is 0 Å². The Morgan fingerprint density at radius 1 is 1.15 bits per heavy atom. The smallest absolute Gasteiger partial charge is 0.356 e. The third-order valence-corrected chi connectivity index (χ3v) is 3.86. The van der Waals surface area contributed by atoms with Crippen molar-refractivity contribution in [3.05, 3.63) is 39.9 Å². The maximum absolute atomic E-state index is 10.7. The van der Waals surface area contributed by atoms with Crippen LogP contribution >= 0.6 is 11.3 Å². The molecule has 104 valence electrons. The molecule has 0 aliphatic heterocycles. The van der Waals surface area contributed by atoms with Gasteiger partial charge < -0.3 is 5.11 Å². The number of hydrogen-bond acceptors (Lipinski definition) is 5. The van der Waals surface area contributed by atoms with E-state index in [2.05, 4.69) is 35.7 Å². The molecule has 2 rings (SSSR count). The first-order chi connectivity index (χ1) is 9.36. The van der Waals surface area contributed by atoms with Crippen LogP contribution in [-0.2, 0) is 5.41 Å². The summed E-state index contributed by atoms with van der Waals surface area (Å²) in [5, 5.41) is 9.81. The topological polar surface area (TPSA) is 76.0 Å². The minimum atomic E-state index is -1.08. The van der Waals surface area contributed by atoms with E-state index in [-0.39, 0.29) is 11.1 Å². The van der Waals surface area contributed by atoms with E-state index in [4.69, 9.17) is 5.11 Å². The summed E-state index contributed by atoms with van der Waals surface area (Å²) in [6.45, 7) is 6.36. The molecular formula is C14H15N3O2S. The van der Waals surface area contributed by atoms with Crippen molar-refractivity contribution in [1.29, 1.82) is 0 Å². The highest BCUT2D eigenvalue weighted by Gasteiger charge is 2.17. The van der Waals surface area contributed by atoms with Crippen molar-refractivity contribution in [1.82, 2.24) is 15.0 Å². The molecule has 20 heavy (non-hydrogen) atoms. The fourth-order valence-electron chi connectivity index (χ4n) is 1.41. The highest BCUT2D eigenvalue weighted by Crippen LogP contribution is 2.27. The first kappa shape index (κ1) is 14.3. The van der Waals surface area contributed by atoms with E-state index in [0.29, 0.717) is 5.69 Å². The fourth-order valence-corrected chi connectivity index (χ4v) is 2.29. The van der Waals surface area contributed by atoms with Gasteiger partial charge in [-0.1, -0.05) is 20.8 Å². The van der Waals surface area contributed by atoms with Gasteiger partial charge in [0.05, 0.1) is 23.1 Å². The summed E-state index contributed by atoms with van der Waals surface area (Å²) in [5.74, 6) is -1.08. The zero-order valence-corrected chi connectivity index (χ0v) is 12.3. The van der Waals surface area contributed by atoms with Crippen LogP contribution in [0.3, 0.4) is 0 Å². The Bertz CT molecular complexity index is 639. The van der Waals surface area contributed by atoms with Crippen molar-refractivity contribution in [2.24, 2.45) is 0 Å². The average molecular weight is 289 g/mol. The van der Waals surface area contributed by atoms with Crippen LogP contribution in [0.2, 0.25) is 0 Å². The zero-order chi connectivity index (χ0) is 14.8. The van der Waals surface area contributed by atoms with E-state index in [9.17, 15) is 4.79 Å². The standard InChI is InChI=1S/C14H15N3O2S/c1-14(2,3)13-17-7-10(20-13)5-4-9-6-16-11(8-15-9)12(18)19/h4-8H,1-3H3,(H,18,19)/b5-4+. The van der Waals surface area contributed by atoms with Gasteiger partial charge in [-0.15, -0.1) is 11.3 Å². The van der Waals surface area contributed by atoms with Gasteiger partial charge >= 0.3 is 5.97 Å². The molecule has 5 nitrogen and oxygen atoms in total. The third kappa shape index (κ3) is 3.48. The lowest BCUT2D eigenvalue weighted by Crippen LogP contribution is -2.09. The summed E-state index contributed by atoms with van der Waals surface area (Å²) in [6, 6.07) is 0. The number of aromatic nitrogens is 3. The Hall–Kier alpha value is -2.08. The molecule has 0 atom stereocenters. The molecule has 0 unspecified atom stereocenters. The molecule has 0 bridgehead atoms. The van der Waals surface area contributed by atoms with Gasteiger partial charge in [0.1, 0.15) is 0 Å². The molecule has 0 aromatic carbocycles. The second-order valence-corrected chi connectivity index (χ2v) is 6.34. The Labute approximate surface area is 121 Å². The molecule has 0 aliphatic carbocycles. The van der Waals surface area contributed by atoms with E-state index in [1.807, 2.05) is 12.3 Å². The normalized spacial score (nSPS) is 11.9. The van der Waals surface area contributed by atoms with Gasteiger partial charge in [0.15, 0.2) is 5.69 Å². The van der Waals surface area contributed by atoms with Gasteiger partial charge in [-0.3, -0.25) is 4.98 Å². The number of thiazole rings is 1. The molecular weight excluding hydrogens is 274 g/mol. The van der Waals surface area contributed by atoms with Gasteiger partial charge in [0.2, 0.25) is 0 Å². The highest BCUT2D eigenvalue weighted by molar-refractivity contribution is 7.12. The van der Waals surface area contributed by atoms with Crippen LogP contribution in [0, 0.1) is 0 Å². The van der Waals surface area contributed by atoms with Gasteiger partial charge in [-0.25, -0.2) is 14.8 Å². The second kappa shape index (κ2) is 5.50.